The first-order chi connectivity index (χ1) is 6.00. The molecule has 1 rings (SSSR count). The van der Waals surface area contributed by atoms with E-state index in [1.165, 1.54) is 0 Å². The third-order valence-electron chi connectivity index (χ3n) is 2.17. The summed E-state index contributed by atoms with van der Waals surface area (Å²) in [6.07, 6.45) is -4.36. The van der Waals surface area contributed by atoms with Gasteiger partial charge < -0.3 is 20.4 Å². The molecule has 0 aromatic heterocycles. The number of aliphatic hydroxyl groups excluding tert-OH is 4. The van der Waals surface area contributed by atoms with Crippen LogP contribution in [0.15, 0.2) is 0 Å². The molecule has 76 valence electrons. The number of nitrogens with zero attached hydrogens (tertiary/aromatic N) is 1. The summed E-state index contributed by atoms with van der Waals surface area (Å²) in [6, 6.07) is -0.953. The molecule has 1 heterocycles. The molecule has 13 heavy (non-hydrogen) atoms. The number of hydrazine groups is 1. The van der Waals surface area contributed by atoms with E-state index in [0.29, 0.717) is 0 Å². The summed E-state index contributed by atoms with van der Waals surface area (Å²) in [5.74, 6) is 4.87. The number of rotatable bonds is 1. The monoisotopic (exact) mass is 191 g/mol. The van der Waals surface area contributed by atoms with Gasteiger partial charge in [-0.05, 0) is 0 Å². The lowest BCUT2D eigenvalue weighted by molar-refractivity contribution is -0.0972. The predicted molar refractivity (Wildman–Crippen MR) is 42.6 cm³/mol. The Labute approximate surface area is 74.5 Å². The third kappa shape index (κ3) is 1.52. The average molecular weight is 191 g/mol. The summed E-state index contributed by atoms with van der Waals surface area (Å²) in [5, 5.41) is 44.4. The lowest BCUT2D eigenvalue weighted by atomic mass is 9.95. The largest absolute Gasteiger partial charge is 0.394 e. The van der Waals surface area contributed by atoms with Crippen molar-refractivity contribution in [3.8, 4) is 0 Å². The standard InChI is InChI=1S/C6H13N3O4/c7-6-5(13)4(12)3(11)2(1-10)9(6)8/h2-5,7,10-13H,1,8H2/t2-,3-,4+,5-/m1/s1. The Morgan fingerprint density at radius 1 is 1.31 bits per heavy atom. The molecule has 0 aromatic rings. The molecule has 0 amide bonds. The molecule has 7 N–H and O–H groups in total. The van der Waals surface area contributed by atoms with Crippen LogP contribution in [-0.4, -0.2) is 62.2 Å². The minimum atomic E-state index is -1.51. The van der Waals surface area contributed by atoms with Crippen molar-refractivity contribution in [2.24, 2.45) is 5.84 Å². The van der Waals surface area contributed by atoms with Crippen molar-refractivity contribution in [3.63, 3.8) is 0 Å². The van der Waals surface area contributed by atoms with Gasteiger partial charge >= 0.3 is 0 Å². The first-order valence-electron chi connectivity index (χ1n) is 3.78. The summed E-state index contributed by atoms with van der Waals surface area (Å²) in [6.45, 7) is -0.496. The summed E-state index contributed by atoms with van der Waals surface area (Å²) in [7, 11) is 0. The summed E-state index contributed by atoms with van der Waals surface area (Å²) in [4.78, 5) is 0. The number of amidine groups is 1. The Balaban J connectivity index is 2.85. The van der Waals surface area contributed by atoms with E-state index in [0.717, 1.165) is 5.01 Å². The van der Waals surface area contributed by atoms with E-state index in [1.54, 1.807) is 0 Å². The zero-order valence-corrected chi connectivity index (χ0v) is 6.83. The highest BCUT2D eigenvalue weighted by Gasteiger charge is 2.43. The highest BCUT2D eigenvalue weighted by Crippen LogP contribution is 2.16. The summed E-state index contributed by atoms with van der Waals surface area (Å²) >= 11 is 0. The molecule has 4 atom stereocenters. The second-order valence-electron chi connectivity index (χ2n) is 2.97. The van der Waals surface area contributed by atoms with Gasteiger partial charge in [0.15, 0.2) is 0 Å². The van der Waals surface area contributed by atoms with Crippen molar-refractivity contribution >= 4 is 5.84 Å². The molecule has 0 saturated carbocycles. The zero-order valence-electron chi connectivity index (χ0n) is 6.83. The normalized spacial score (nSPS) is 41.0. The van der Waals surface area contributed by atoms with Gasteiger partial charge in [-0.3, -0.25) is 10.4 Å². The number of nitrogens with one attached hydrogen (secondary N) is 1. The van der Waals surface area contributed by atoms with E-state index in [9.17, 15) is 10.2 Å². The van der Waals surface area contributed by atoms with Crippen LogP contribution in [0.4, 0.5) is 0 Å². The molecule has 7 nitrogen and oxygen atoms in total. The summed E-state index contributed by atoms with van der Waals surface area (Å²) < 4.78 is 0. The Kier molecular flexibility index (Phi) is 2.84. The maximum Gasteiger partial charge on any atom is 0.143 e. The smallest absolute Gasteiger partial charge is 0.143 e. The SMILES string of the molecule is N=C1[C@H](O)[C@@H](O)[C@H](O)[C@@H](CO)N1N. The molecular formula is C6H13N3O4. The Bertz CT molecular complexity index is 212. The van der Waals surface area contributed by atoms with E-state index < -0.39 is 36.8 Å². The second-order valence-corrected chi connectivity index (χ2v) is 2.97. The van der Waals surface area contributed by atoms with Crippen molar-refractivity contribution in [2.45, 2.75) is 24.4 Å². The topological polar surface area (TPSA) is 134 Å². The van der Waals surface area contributed by atoms with Crippen LogP contribution >= 0.6 is 0 Å². The minimum Gasteiger partial charge on any atom is -0.394 e. The molecule has 0 bridgehead atoms. The highest BCUT2D eigenvalue weighted by molar-refractivity contribution is 5.85. The first kappa shape index (κ1) is 10.4. The molecule has 0 aliphatic carbocycles. The molecule has 0 radical (unpaired) electrons. The molecule has 0 spiro atoms. The highest BCUT2D eigenvalue weighted by atomic mass is 16.4. The number of aliphatic hydroxyl groups is 4. The molecule has 7 heteroatoms. The number of hydrogen-bond acceptors (Lipinski definition) is 6. The van der Waals surface area contributed by atoms with Gasteiger partial charge in [-0.15, -0.1) is 0 Å². The van der Waals surface area contributed by atoms with Crippen molar-refractivity contribution in [2.75, 3.05) is 6.61 Å². The van der Waals surface area contributed by atoms with Crippen LogP contribution in [0.1, 0.15) is 0 Å². The average Bonchev–Trinajstić information content (AvgIpc) is 2.13. The van der Waals surface area contributed by atoms with E-state index in [2.05, 4.69) is 0 Å². The molecule has 1 saturated heterocycles. The van der Waals surface area contributed by atoms with Gasteiger partial charge in [-0.1, -0.05) is 0 Å². The van der Waals surface area contributed by atoms with E-state index in [1.807, 2.05) is 0 Å². The Morgan fingerprint density at radius 3 is 2.31 bits per heavy atom. The molecule has 0 aromatic carbocycles. The van der Waals surface area contributed by atoms with Crippen LogP contribution in [-0.2, 0) is 0 Å². The maximum atomic E-state index is 9.31. The number of piperidine rings is 1. The van der Waals surface area contributed by atoms with Crippen LogP contribution in [0.2, 0.25) is 0 Å². The van der Waals surface area contributed by atoms with E-state index in [4.69, 9.17) is 21.5 Å². The second kappa shape index (κ2) is 3.56. The molecule has 0 unspecified atom stereocenters. The van der Waals surface area contributed by atoms with Gasteiger partial charge in [0.05, 0.1) is 12.6 Å². The Hall–Kier alpha value is -0.730. The van der Waals surface area contributed by atoms with Gasteiger partial charge in [0, 0.05) is 0 Å². The van der Waals surface area contributed by atoms with Crippen molar-refractivity contribution in [1.29, 1.82) is 5.41 Å². The first-order valence-corrected chi connectivity index (χ1v) is 3.78. The van der Waals surface area contributed by atoms with Crippen LogP contribution in [0.25, 0.3) is 0 Å². The number of hydrogen-bond donors (Lipinski definition) is 6. The van der Waals surface area contributed by atoms with Crippen LogP contribution in [0, 0.1) is 5.41 Å². The van der Waals surface area contributed by atoms with Gasteiger partial charge in [-0.2, -0.15) is 0 Å². The lowest BCUT2D eigenvalue weighted by Gasteiger charge is -2.41. The minimum absolute atomic E-state index is 0.420. The maximum absolute atomic E-state index is 9.31. The third-order valence-corrected chi connectivity index (χ3v) is 2.17. The molecule has 1 fully saturated rings. The van der Waals surface area contributed by atoms with Crippen LogP contribution in [0.5, 0.6) is 0 Å². The quantitative estimate of drug-likeness (QED) is 0.239. The van der Waals surface area contributed by atoms with Crippen LogP contribution in [0.3, 0.4) is 0 Å². The predicted octanol–water partition coefficient (Wildman–Crippen LogP) is -3.40. The fourth-order valence-electron chi connectivity index (χ4n) is 1.27. The van der Waals surface area contributed by atoms with Crippen molar-refractivity contribution in [3.05, 3.63) is 0 Å². The molecule has 1 aliphatic rings. The van der Waals surface area contributed by atoms with Crippen molar-refractivity contribution in [1.82, 2.24) is 5.01 Å². The van der Waals surface area contributed by atoms with Gasteiger partial charge in [0.1, 0.15) is 24.1 Å². The van der Waals surface area contributed by atoms with E-state index >= 15 is 0 Å². The zero-order chi connectivity index (χ0) is 10.2. The van der Waals surface area contributed by atoms with Crippen molar-refractivity contribution < 1.29 is 20.4 Å². The van der Waals surface area contributed by atoms with Crippen LogP contribution < -0.4 is 5.84 Å². The Morgan fingerprint density at radius 2 is 1.85 bits per heavy atom. The molecule has 1 aliphatic heterocycles. The van der Waals surface area contributed by atoms with E-state index in [-0.39, 0.29) is 0 Å². The van der Waals surface area contributed by atoms with Gasteiger partial charge in [-0.25, -0.2) is 5.84 Å². The fourth-order valence-corrected chi connectivity index (χ4v) is 1.27. The fraction of sp³-hybridized carbons (Fsp3) is 0.833. The molecular weight excluding hydrogens is 178 g/mol. The van der Waals surface area contributed by atoms with Gasteiger partial charge in [0.2, 0.25) is 0 Å². The lowest BCUT2D eigenvalue weighted by Crippen LogP contribution is -2.67. The van der Waals surface area contributed by atoms with Gasteiger partial charge in [0.25, 0.3) is 0 Å². The summed E-state index contributed by atoms with van der Waals surface area (Å²) in [5.41, 5.74) is 0. The number of nitrogens with two attached hydrogens (primary N) is 1.